The minimum absolute atomic E-state index is 0.416. The molecule has 1 N–H and O–H groups in total. The van der Waals surface area contributed by atoms with Crippen LogP contribution in [0.25, 0.3) is 0 Å². The standard InChI is InChI=1S/C12H14O/c1-2-3-9-12(13)10-11-7-5-4-6-8-11/h2-9,12-13H,1,10H2/b9-3+. The lowest BCUT2D eigenvalue weighted by atomic mass is 10.1. The van der Waals surface area contributed by atoms with Gasteiger partial charge in [-0.25, -0.2) is 0 Å². The van der Waals surface area contributed by atoms with E-state index in [4.69, 9.17) is 0 Å². The molecule has 0 aliphatic rings. The summed E-state index contributed by atoms with van der Waals surface area (Å²) in [5, 5.41) is 9.50. The second-order valence-corrected chi connectivity index (χ2v) is 2.88. The lowest BCUT2D eigenvalue weighted by molar-refractivity contribution is 0.224. The van der Waals surface area contributed by atoms with Gasteiger partial charge >= 0.3 is 0 Å². The molecule has 1 atom stereocenters. The van der Waals surface area contributed by atoms with Crippen molar-refractivity contribution >= 4 is 0 Å². The Balaban J connectivity index is 2.50. The summed E-state index contributed by atoms with van der Waals surface area (Å²) < 4.78 is 0. The van der Waals surface area contributed by atoms with Gasteiger partial charge in [-0.1, -0.05) is 55.1 Å². The fourth-order valence-electron chi connectivity index (χ4n) is 1.13. The van der Waals surface area contributed by atoms with Crippen LogP contribution in [0.1, 0.15) is 5.56 Å². The van der Waals surface area contributed by atoms with Gasteiger partial charge in [0.15, 0.2) is 0 Å². The van der Waals surface area contributed by atoms with Crippen molar-refractivity contribution in [1.29, 1.82) is 0 Å². The van der Waals surface area contributed by atoms with Crippen LogP contribution in [-0.2, 0) is 6.42 Å². The van der Waals surface area contributed by atoms with Crippen LogP contribution in [0.5, 0.6) is 0 Å². The van der Waals surface area contributed by atoms with Crippen molar-refractivity contribution in [2.24, 2.45) is 0 Å². The number of rotatable bonds is 4. The average molecular weight is 174 g/mol. The zero-order valence-corrected chi connectivity index (χ0v) is 7.56. The van der Waals surface area contributed by atoms with E-state index in [1.165, 1.54) is 0 Å². The van der Waals surface area contributed by atoms with E-state index in [9.17, 15) is 5.11 Å². The molecule has 0 saturated heterocycles. The molecule has 0 amide bonds. The van der Waals surface area contributed by atoms with E-state index in [-0.39, 0.29) is 0 Å². The van der Waals surface area contributed by atoms with Crippen LogP contribution in [0.2, 0.25) is 0 Å². The Morgan fingerprint density at radius 1 is 1.31 bits per heavy atom. The van der Waals surface area contributed by atoms with Gasteiger partial charge in [-0.15, -0.1) is 0 Å². The Morgan fingerprint density at radius 3 is 2.62 bits per heavy atom. The summed E-state index contributed by atoms with van der Waals surface area (Å²) in [5.41, 5.74) is 1.14. The Bertz CT molecular complexity index is 274. The normalized spacial score (nSPS) is 13.0. The molecule has 0 aliphatic carbocycles. The predicted octanol–water partition coefficient (Wildman–Crippen LogP) is 2.33. The van der Waals surface area contributed by atoms with E-state index in [0.717, 1.165) is 5.56 Å². The highest BCUT2D eigenvalue weighted by Crippen LogP contribution is 2.03. The highest BCUT2D eigenvalue weighted by Gasteiger charge is 1.99. The first kappa shape index (κ1) is 9.75. The lowest BCUT2D eigenvalue weighted by Gasteiger charge is -2.04. The first-order valence-electron chi connectivity index (χ1n) is 4.34. The van der Waals surface area contributed by atoms with Gasteiger partial charge in [-0.2, -0.15) is 0 Å². The Morgan fingerprint density at radius 2 is 2.00 bits per heavy atom. The predicted molar refractivity (Wildman–Crippen MR) is 55.5 cm³/mol. The SMILES string of the molecule is C=C/C=C/C(O)Cc1ccccc1. The molecule has 1 rings (SSSR count). The Kier molecular flexibility index (Phi) is 4.00. The third kappa shape index (κ3) is 3.72. The highest BCUT2D eigenvalue weighted by atomic mass is 16.3. The number of aliphatic hydroxyl groups excluding tert-OH is 1. The van der Waals surface area contributed by atoms with Crippen molar-refractivity contribution in [1.82, 2.24) is 0 Å². The summed E-state index contributed by atoms with van der Waals surface area (Å²) in [6, 6.07) is 9.92. The minimum Gasteiger partial charge on any atom is -0.389 e. The van der Waals surface area contributed by atoms with Crippen molar-refractivity contribution < 1.29 is 5.11 Å². The monoisotopic (exact) mass is 174 g/mol. The molecule has 0 radical (unpaired) electrons. The third-order valence-corrected chi connectivity index (χ3v) is 1.76. The molecule has 0 fully saturated rings. The van der Waals surface area contributed by atoms with Crippen LogP contribution < -0.4 is 0 Å². The molecule has 0 saturated carbocycles. The van der Waals surface area contributed by atoms with E-state index < -0.39 is 6.10 Å². The second kappa shape index (κ2) is 5.33. The molecule has 0 aromatic heterocycles. The van der Waals surface area contributed by atoms with Gasteiger partial charge < -0.3 is 5.11 Å². The number of benzene rings is 1. The molecule has 0 heterocycles. The zero-order chi connectivity index (χ0) is 9.52. The van der Waals surface area contributed by atoms with Gasteiger partial charge in [0, 0.05) is 6.42 Å². The average Bonchev–Trinajstić information content (AvgIpc) is 2.16. The summed E-state index contributed by atoms with van der Waals surface area (Å²) in [5.74, 6) is 0. The number of hydrogen-bond donors (Lipinski definition) is 1. The molecular weight excluding hydrogens is 160 g/mol. The van der Waals surface area contributed by atoms with Gasteiger partial charge in [-0.3, -0.25) is 0 Å². The van der Waals surface area contributed by atoms with Crippen LogP contribution >= 0.6 is 0 Å². The molecule has 1 nitrogen and oxygen atoms in total. The maximum atomic E-state index is 9.50. The largest absolute Gasteiger partial charge is 0.389 e. The van der Waals surface area contributed by atoms with Crippen molar-refractivity contribution in [3.63, 3.8) is 0 Å². The van der Waals surface area contributed by atoms with E-state index in [2.05, 4.69) is 6.58 Å². The van der Waals surface area contributed by atoms with Crippen LogP contribution in [0.15, 0.2) is 55.1 Å². The molecule has 13 heavy (non-hydrogen) atoms. The maximum absolute atomic E-state index is 9.50. The lowest BCUT2D eigenvalue weighted by Crippen LogP contribution is -2.05. The first-order valence-corrected chi connectivity index (χ1v) is 4.34. The van der Waals surface area contributed by atoms with Gasteiger partial charge in [0.1, 0.15) is 0 Å². The minimum atomic E-state index is -0.416. The fourth-order valence-corrected chi connectivity index (χ4v) is 1.13. The quantitative estimate of drug-likeness (QED) is 0.694. The van der Waals surface area contributed by atoms with Crippen molar-refractivity contribution in [3.05, 3.63) is 60.7 Å². The molecular formula is C12H14O. The Hall–Kier alpha value is -1.34. The van der Waals surface area contributed by atoms with E-state index in [0.29, 0.717) is 6.42 Å². The van der Waals surface area contributed by atoms with Gasteiger partial charge in [0.25, 0.3) is 0 Å². The van der Waals surface area contributed by atoms with E-state index >= 15 is 0 Å². The van der Waals surface area contributed by atoms with Crippen LogP contribution in [-0.4, -0.2) is 11.2 Å². The van der Waals surface area contributed by atoms with E-state index in [1.54, 1.807) is 18.2 Å². The molecule has 1 heteroatoms. The molecule has 0 spiro atoms. The molecule has 68 valence electrons. The van der Waals surface area contributed by atoms with Gasteiger partial charge in [0.2, 0.25) is 0 Å². The third-order valence-electron chi connectivity index (χ3n) is 1.76. The zero-order valence-electron chi connectivity index (χ0n) is 7.56. The molecule has 0 aliphatic heterocycles. The smallest absolute Gasteiger partial charge is 0.0764 e. The molecule has 1 unspecified atom stereocenters. The number of hydrogen-bond acceptors (Lipinski definition) is 1. The number of allylic oxidation sites excluding steroid dienone is 2. The Labute approximate surface area is 79.0 Å². The molecule has 1 aromatic carbocycles. The summed E-state index contributed by atoms with van der Waals surface area (Å²) in [7, 11) is 0. The van der Waals surface area contributed by atoms with Crippen LogP contribution in [0, 0.1) is 0 Å². The van der Waals surface area contributed by atoms with Crippen molar-refractivity contribution in [2.45, 2.75) is 12.5 Å². The summed E-state index contributed by atoms with van der Waals surface area (Å²) in [6.07, 6.45) is 5.40. The van der Waals surface area contributed by atoms with Crippen molar-refractivity contribution in [2.75, 3.05) is 0 Å². The fraction of sp³-hybridized carbons (Fsp3) is 0.167. The topological polar surface area (TPSA) is 20.2 Å². The number of aliphatic hydroxyl groups is 1. The van der Waals surface area contributed by atoms with Crippen LogP contribution in [0.4, 0.5) is 0 Å². The summed E-state index contributed by atoms with van der Waals surface area (Å²) in [6.45, 7) is 3.54. The summed E-state index contributed by atoms with van der Waals surface area (Å²) >= 11 is 0. The van der Waals surface area contributed by atoms with Gasteiger partial charge in [-0.05, 0) is 5.56 Å². The highest BCUT2D eigenvalue weighted by molar-refractivity contribution is 5.17. The van der Waals surface area contributed by atoms with Gasteiger partial charge in [0.05, 0.1) is 6.10 Å². The van der Waals surface area contributed by atoms with Crippen LogP contribution in [0.3, 0.4) is 0 Å². The first-order chi connectivity index (χ1) is 6.33. The second-order valence-electron chi connectivity index (χ2n) is 2.88. The maximum Gasteiger partial charge on any atom is 0.0764 e. The summed E-state index contributed by atoms with van der Waals surface area (Å²) in [4.78, 5) is 0. The van der Waals surface area contributed by atoms with E-state index in [1.807, 2.05) is 30.3 Å². The molecule has 0 bridgehead atoms. The molecule has 1 aromatic rings. The van der Waals surface area contributed by atoms with Crippen molar-refractivity contribution in [3.8, 4) is 0 Å².